The summed E-state index contributed by atoms with van der Waals surface area (Å²) in [6.45, 7) is 0. The van der Waals surface area contributed by atoms with Crippen LogP contribution < -0.4 is 19.5 Å². The van der Waals surface area contributed by atoms with Crippen LogP contribution in [0, 0.1) is 0 Å². The summed E-state index contributed by atoms with van der Waals surface area (Å²) in [5.41, 5.74) is 2.32. The molecule has 2 aromatic rings. The number of hydrogen-bond acceptors (Lipinski definition) is 5. The van der Waals surface area contributed by atoms with Crippen molar-refractivity contribution in [1.29, 1.82) is 0 Å². The second kappa shape index (κ2) is 8.40. The first-order chi connectivity index (χ1) is 13.1. The maximum Gasteiger partial charge on any atom is 0.275 e. The summed E-state index contributed by atoms with van der Waals surface area (Å²) in [5.74, 6) is 2.52. The molecular weight excluding hydrogens is 344 g/mol. The van der Waals surface area contributed by atoms with Gasteiger partial charge in [-0.3, -0.25) is 4.79 Å². The third kappa shape index (κ3) is 4.47. The van der Waals surface area contributed by atoms with Crippen LogP contribution in [0.2, 0.25) is 0 Å². The fourth-order valence-electron chi connectivity index (χ4n) is 2.83. The summed E-state index contributed by atoms with van der Waals surface area (Å²) in [6, 6.07) is 13.3. The number of amidine groups is 1. The standard InChI is InChI=1S/C21H22N2O4/c1-25-16-6-4-5-14(11-16)8-10-20-22-17(21(24)23-20)12-15-7-9-18(26-2)19(13-15)27-3/h4-7,9,11-13H,8,10H2,1-3H3,(H,22,23,24)/b17-12+. The van der Waals surface area contributed by atoms with Gasteiger partial charge in [0.1, 0.15) is 17.3 Å². The smallest absolute Gasteiger partial charge is 0.275 e. The minimum Gasteiger partial charge on any atom is -0.497 e. The second-order valence-electron chi connectivity index (χ2n) is 6.01. The molecule has 27 heavy (non-hydrogen) atoms. The number of rotatable bonds is 7. The summed E-state index contributed by atoms with van der Waals surface area (Å²) in [7, 11) is 4.80. The van der Waals surface area contributed by atoms with Gasteiger partial charge >= 0.3 is 0 Å². The number of methoxy groups -OCH3 is 3. The molecule has 1 heterocycles. The Bertz CT molecular complexity index is 903. The van der Waals surface area contributed by atoms with Crippen LogP contribution in [0.3, 0.4) is 0 Å². The second-order valence-corrected chi connectivity index (χ2v) is 6.01. The summed E-state index contributed by atoms with van der Waals surface area (Å²) in [5, 5.41) is 2.83. The Labute approximate surface area is 158 Å². The van der Waals surface area contributed by atoms with Crippen molar-refractivity contribution in [2.45, 2.75) is 12.8 Å². The number of nitrogens with zero attached hydrogens (tertiary/aromatic N) is 1. The molecule has 6 nitrogen and oxygen atoms in total. The van der Waals surface area contributed by atoms with Gasteiger partial charge in [0.15, 0.2) is 11.5 Å². The van der Waals surface area contributed by atoms with Gasteiger partial charge in [-0.25, -0.2) is 4.99 Å². The molecular formula is C21H22N2O4. The van der Waals surface area contributed by atoms with E-state index in [0.29, 0.717) is 29.5 Å². The van der Waals surface area contributed by atoms with Gasteiger partial charge in [-0.1, -0.05) is 18.2 Å². The minimum atomic E-state index is -0.203. The molecule has 6 heteroatoms. The van der Waals surface area contributed by atoms with Crippen molar-refractivity contribution in [3.8, 4) is 17.2 Å². The lowest BCUT2D eigenvalue weighted by Crippen LogP contribution is -2.24. The summed E-state index contributed by atoms with van der Waals surface area (Å²) < 4.78 is 15.8. The molecule has 2 aromatic carbocycles. The zero-order valence-electron chi connectivity index (χ0n) is 15.6. The Kier molecular flexibility index (Phi) is 5.76. The molecule has 3 rings (SSSR count). The van der Waals surface area contributed by atoms with E-state index < -0.39 is 0 Å². The predicted octanol–water partition coefficient (Wildman–Crippen LogP) is 3.21. The number of amides is 1. The number of carbonyl (C=O) groups is 1. The molecule has 1 aliphatic heterocycles. The Hall–Kier alpha value is -3.28. The zero-order chi connectivity index (χ0) is 19.2. The highest BCUT2D eigenvalue weighted by Gasteiger charge is 2.20. The van der Waals surface area contributed by atoms with E-state index in [-0.39, 0.29) is 5.91 Å². The normalized spacial score (nSPS) is 14.7. The number of carbonyl (C=O) groups excluding carboxylic acids is 1. The molecule has 140 valence electrons. The van der Waals surface area contributed by atoms with Crippen molar-refractivity contribution in [1.82, 2.24) is 5.32 Å². The predicted molar refractivity (Wildman–Crippen MR) is 104 cm³/mol. The van der Waals surface area contributed by atoms with Gasteiger partial charge in [0.25, 0.3) is 5.91 Å². The fraction of sp³-hybridized carbons (Fsp3) is 0.238. The molecule has 1 amide bonds. The van der Waals surface area contributed by atoms with Crippen LogP contribution in [0.5, 0.6) is 17.2 Å². The zero-order valence-corrected chi connectivity index (χ0v) is 15.6. The molecule has 0 saturated carbocycles. The minimum absolute atomic E-state index is 0.203. The van der Waals surface area contributed by atoms with Crippen molar-refractivity contribution in [3.63, 3.8) is 0 Å². The lowest BCUT2D eigenvalue weighted by molar-refractivity contribution is -0.115. The maximum atomic E-state index is 12.2. The molecule has 0 unspecified atom stereocenters. The van der Waals surface area contributed by atoms with Crippen LogP contribution in [0.15, 0.2) is 53.2 Å². The van der Waals surface area contributed by atoms with E-state index in [1.165, 1.54) is 0 Å². The highest BCUT2D eigenvalue weighted by atomic mass is 16.5. The van der Waals surface area contributed by atoms with Crippen molar-refractivity contribution >= 4 is 17.8 Å². The van der Waals surface area contributed by atoms with Crippen LogP contribution in [0.25, 0.3) is 6.08 Å². The number of aryl methyl sites for hydroxylation is 1. The van der Waals surface area contributed by atoms with E-state index in [0.717, 1.165) is 23.3 Å². The van der Waals surface area contributed by atoms with E-state index in [9.17, 15) is 4.79 Å². The van der Waals surface area contributed by atoms with Gasteiger partial charge < -0.3 is 19.5 Å². The molecule has 0 saturated heterocycles. The fourth-order valence-corrected chi connectivity index (χ4v) is 2.83. The van der Waals surface area contributed by atoms with Crippen LogP contribution in [-0.4, -0.2) is 33.1 Å². The first-order valence-corrected chi connectivity index (χ1v) is 8.58. The van der Waals surface area contributed by atoms with E-state index in [4.69, 9.17) is 14.2 Å². The quantitative estimate of drug-likeness (QED) is 0.764. The van der Waals surface area contributed by atoms with E-state index >= 15 is 0 Å². The third-order valence-corrected chi connectivity index (χ3v) is 4.24. The molecule has 0 aromatic heterocycles. The molecule has 0 atom stereocenters. The average molecular weight is 366 g/mol. The number of ether oxygens (including phenoxy) is 3. The number of aliphatic imine (C=N–C) groups is 1. The number of hydrogen-bond donors (Lipinski definition) is 1. The Morgan fingerprint density at radius 3 is 2.52 bits per heavy atom. The molecule has 0 fully saturated rings. The summed E-state index contributed by atoms with van der Waals surface area (Å²) in [6.07, 6.45) is 3.14. The molecule has 1 N–H and O–H groups in total. The molecule has 1 aliphatic rings. The van der Waals surface area contributed by atoms with Crippen LogP contribution in [0.1, 0.15) is 17.5 Å². The third-order valence-electron chi connectivity index (χ3n) is 4.24. The first kappa shape index (κ1) is 18.5. The lowest BCUT2D eigenvalue weighted by atomic mass is 10.1. The van der Waals surface area contributed by atoms with E-state index in [1.54, 1.807) is 33.5 Å². The van der Waals surface area contributed by atoms with E-state index in [2.05, 4.69) is 10.3 Å². The van der Waals surface area contributed by atoms with E-state index in [1.807, 2.05) is 36.4 Å². The van der Waals surface area contributed by atoms with Gasteiger partial charge in [-0.2, -0.15) is 0 Å². The highest BCUT2D eigenvalue weighted by molar-refractivity contribution is 6.14. The van der Waals surface area contributed by atoms with Gasteiger partial charge in [-0.05, 0) is 47.9 Å². The van der Waals surface area contributed by atoms with Crippen molar-refractivity contribution in [2.75, 3.05) is 21.3 Å². The molecule has 0 bridgehead atoms. The van der Waals surface area contributed by atoms with Crippen molar-refractivity contribution in [2.24, 2.45) is 4.99 Å². The largest absolute Gasteiger partial charge is 0.497 e. The topological polar surface area (TPSA) is 69.1 Å². The summed E-state index contributed by atoms with van der Waals surface area (Å²) in [4.78, 5) is 16.6. The molecule has 0 spiro atoms. The summed E-state index contributed by atoms with van der Waals surface area (Å²) >= 11 is 0. The van der Waals surface area contributed by atoms with Crippen LogP contribution in [-0.2, 0) is 11.2 Å². The first-order valence-electron chi connectivity index (χ1n) is 8.58. The molecule has 0 aliphatic carbocycles. The Morgan fingerprint density at radius 1 is 0.963 bits per heavy atom. The maximum absolute atomic E-state index is 12.2. The van der Waals surface area contributed by atoms with Crippen molar-refractivity contribution in [3.05, 3.63) is 59.3 Å². The lowest BCUT2D eigenvalue weighted by Gasteiger charge is -2.07. The molecule has 0 radical (unpaired) electrons. The van der Waals surface area contributed by atoms with Gasteiger partial charge in [-0.15, -0.1) is 0 Å². The SMILES string of the molecule is COc1cccc(CCC2=N/C(=C/c3ccc(OC)c(OC)c3)C(=O)N2)c1. The number of benzene rings is 2. The van der Waals surface area contributed by atoms with Crippen molar-refractivity contribution < 1.29 is 19.0 Å². The number of nitrogens with one attached hydrogen (secondary N) is 1. The average Bonchev–Trinajstić information content (AvgIpc) is 3.05. The highest BCUT2D eigenvalue weighted by Crippen LogP contribution is 2.28. The van der Waals surface area contributed by atoms with Gasteiger partial charge in [0, 0.05) is 6.42 Å². The Morgan fingerprint density at radius 2 is 1.78 bits per heavy atom. The monoisotopic (exact) mass is 366 g/mol. The van der Waals surface area contributed by atoms with Gasteiger partial charge in [0.2, 0.25) is 0 Å². The Balaban J connectivity index is 1.72. The van der Waals surface area contributed by atoms with Crippen LogP contribution >= 0.6 is 0 Å². The van der Waals surface area contributed by atoms with Gasteiger partial charge in [0.05, 0.1) is 21.3 Å². The van der Waals surface area contributed by atoms with Crippen LogP contribution in [0.4, 0.5) is 0 Å².